The number of hydrogen-bond donors (Lipinski definition) is 0. The molecule has 0 bridgehead atoms. The molecular formula is C52H42N4. The van der Waals surface area contributed by atoms with Crippen LogP contribution < -0.4 is 9.80 Å². The van der Waals surface area contributed by atoms with Gasteiger partial charge in [0.15, 0.2) is 0 Å². The summed E-state index contributed by atoms with van der Waals surface area (Å²) in [5, 5.41) is 0. The summed E-state index contributed by atoms with van der Waals surface area (Å²) in [6.45, 7) is 9.33. The van der Waals surface area contributed by atoms with Crippen molar-refractivity contribution in [2.45, 2.75) is 38.5 Å². The first-order valence-corrected chi connectivity index (χ1v) is 19.4. The van der Waals surface area contributed by atoms with Crippen LogP contribution in [-0.2, 0) is 10.8 Å². The van der Waals surface area contributed by atoms with Crippen molar-refractivity contribution in [2.24, 2.45) is 0 Å². The molecule has 2 aliphatic carbocycles. The topological polar surface area (TPSA) is 32.3 Å². The molecule has 0 aliphatic heterocycles. The van der Waals surface area contributed by atoms with Crippen LogP contribution >= 0.6 is 0 Å². The first kappa shape index (κ1) is 33.8. The summed E-state index contributed by atoms with van der Waals surface area (Å²) in [6, 6.07) is 62.7. The SMILES string of the molecule is CC1(C)c2cc(-c3ccc(N(c4ccccc4)c4ccccc4)cn3)ccc2-c2nc3c(cc21)-c1ccc(N(c2ccccc2)c2ccccc2)cc1C3(C)C. The van der Waals surface area contributed by atoms with Gasteiger partial charge in [0.25, 0.3) is 0 Å². The van der Waals surface area contributed by atoms with Crippen molar-refractivity contribution in [3.05, 3.63) is 205 Å². The smallest absolute Gasteiger partial charge is 0.0750 e. The molecule has 0 unspecified atom stereocenters. The molecular weight excluding hydrogens is 681 g/mol. The maximum Gasteiger partial charge on any atom is 0.0750 e. The van der Waals surface area contributed by atoms with E-state index in [4.69, 9.17) is 9.97 Å². The Kier molecular flexibility index (Phi) is 7.79. The highest BCUT2D eigenvalue weighted by molar-refractivity contribution is 5.89. The largest absolute Gasteiger partial charge is 0.310 e. The molecule has 2 heterocycles. The first-order chi connectivity index (χ1) is 27.3. The normalized spacial score (nSPS) is 14.0. The molecule has 0 N–H and O–H groups in total. The van der Waals surface area contributed by atoms with Crippen LogP contribution in [0.4, 0.5) is 34.1 Å². The van der Waals surface area contributed by atoms with E-state index < -0.39 is 0 Å². The highest BCUT2D eigenvalue weighted by atomic mass is 15.1. The molecule has 0 fully saturated rings. The Morgan fingerprint density at radius 3 is 1.43 bits per heavy atom. The van der Waals surface area contributed by atoms with Gasteiger partial charge in [-0.05, 0) is 107 Å². The number of hydrogen-bond acceptors (Lipinski definition) is 4. The Balaban J connectivity index is 1.00. The Morgan fingerprint density at radius 2 is 0.893 bits per heavy atom. The monoisotopic (exact) mass is 722 g/mol. The highest BCUT2D eigenvalue weighted by Crippen LogP contribution is 2.55. The van der Waals surface area contributed by atoms with Crippen LogP contribution in [0.25, 0.3) is 33.6 Å². The molecule has 4 nitrogen and oxygen atoms in total. The number of nitrogens with zero attached hydrogens (tertiary/aromatic N) is 4. The van der Waals surface area contributed by atoms with Crippen molar-refractivity contribution < 1.29 is 0 Å². The maximum absolute atomic E-state index is 5.59. The Morgan fingerprint density at radius 1 is 0.393 bits per heavy atom. The minimum Gasteiger partial charge on any atom is -0.310 e. The Labute approximate surface area is 329 Å². The lowest BCUT2D eigenvalue weighted by molar-refractivity contribution is 0.631. The second-order valence-electron chi connectivity index (χ2n) is 15.9. The second kappa shape index (κ2) is 12.9. The summed E-state index contributed by atoms with van der Waals surface area (Å²) in [5.41, 5.74) is 18.0. The van der Waals surface area contributed by atoms with Gasteiger partial charge in [0, 0.05) is 56.0 Å². The van der Waals surface area contributed by atoms with Crippen LogP contribution in [0, 0.1) is 0 Å². The van der Waals surface area contributed by atoms with Crippen LogP contribution in [0.15, 0.2) is 182 Å². The average Bonchev–Trinajstić information content (AvgIpc) is 3.60. The third-order valence-corrected chi connectivity index (χ3v) is 11.8. The van der Waals surface area contributed by atoms with E-state index in [0.717, 1.165) is 56.8 Å². The fourth-order valence-electron chi connectivity index (χ4n) is 8.89. The summed E-state index contributed by atoms with van der Waals surface area (Å²) in [5.74, 6) is 0. The molecule has 2 aromatic heterocycles. The zero-order valence-electron chi connectivity index (χ0n) is 32.1. The van der Waals surface area contributed by atoms with Crippen molar-refractivity contribution in [3.8, 4) is 33.6 Å². The molecule has 8 aromatic rings. The summed E-state index contributed by atoms with van der Waals surface area (Å²) in [4.78, 5) is 15.2. The Bertz CT molecular complexity index is 2640. The molecule has 0 atom stereocenters. The predicted molar refractivity (Wildman–Crippen MR) is 232 cm³/mol. The third-order valence-electron chi connectivity index (χ3n) is 11.8. The van der Waals surface area contributed by atoms with Gasteiger partial charge in [-0.25, -0.2) is 0 Å². The van der Waals surface area contributed by atoms with E-state index in [1.54, 1.807) is 0 Å². The number of pyridine rings is 2. The zero-order chi connectivity index (χ0) is 38.0. The number of rotatable bonds is 7. The van der Waals surface area contributed by atoms with Gasteiger partial charge >= 0.3 is 0 Å². The second-order valence-corrected chi connectivity index (χ2v) is 15.9. The number of benzene rings is 6. The molecule has 0 amide bonds. The fourth-order valence-corrected chi connectivity index (χ4v) is 8.89. The van der Waals surface area contributed by atoms with E-state index in [9.17, 15) is 0 Å². The molecule has 0 spiro atoms. The van der Waals surface area contributed by atoms with Crippen molar-refractivity contribution >= 4 is 34.1 Å². The molecule has 56 heavy (non-hydrogen) atoms. The summed E-state index contributed by atoms with van der Waals surface area (Å²) in [7, 11) is 0. The third kappa shape index (κ3) is 5.36. The van der Waals surface area contributed by atoms with Crippen molar-refractivity contribution in [1.29, 1.82) is 0 Å². The van der Waals surface area contributed by atoms with Gasteiger partial charge in [0.05, 0.1) is 29.0 Å². The summed E-state index contributed by atoms with van der Waals surface area (Å²) in [6.07, 6.45) is 1.98. The number of anilines is 6. The van der Waals surface area contributed by atoms with Gasteiger partial charge in [-0.15, -0.1) is 0 Å². The van der Waals surface area contributed by atoms with E-state index in [1.807, 2.05) is 18.3 Å². The van der Waals surface area contributed by atoms with E-state index in [0.29, 0.717) is 0 Å². The van der Waals surface area contributed by atoms with Gasteiger partial charge in [-0.1, -0.05) is 119 Å². The zero-order valence-corrected chi connectivity index (χ0v) is 32.1. The molecule has 10 rings (SSSR count). The lowest BCUT2D eigenvalue weighted by Crippen LogP contribution is -2.19. The van der Waals surface area contributed by atoms with E-state index >= 15 is 0 Å². The standard InChI is InChI=1S/C52H42N4/c1-51(2)45-31-35(48-30-27-41(34-53-48)56(38-21-13-7-14-22-38)39-23-15-8-16-24-39)25-28-43(45)49-47(51)33-44-42-29-26-40(32-46(42)52(3,4)50(44)54-49)55(36-17-9-5-10-18-36)37-19-11-6-12-20-37/h5-34H,1-4H3. The first-order valence-electron chi connectivity index (χ1n) is 19.4. The van der Waals surface area contributed by atoms with Crippen LogP contribution in [0.2, 0.25) is 0 Å². The maximum atomic E-state index is 5.59. The van der Waals surface area contributed by atoms with Crippen LogP contribution in [-0.4, -0.2) is 9.97 Å². The van der Waals surface area contributed by atoms with E-state index in [1.165, 1.54) is 33.4 Å². The molecule has 4 heteroatoms. The molecule has 0 saturated heterocycles. The predicted octanol–water partition coefficient (Wildman–Crippen LogP) is 13.7. The number of aromatic nitrogens is 2. The van der Waals surface area contributed by atoms with Gasteiger partial charge in [-0.3, -0.25) is 9.97 Å². The van der Waals surface area contributed by atoms with Crippen LogP contribution in [0.5, 0.6) is 0 Å². The molecule has 2 aliphatic rings. The minimum atomic E-state index is -0.277. The van der Waals surface area contributed by atoms with Gasteiger partial charge < -0.3 is 9.80 Å². The van der Waals surface area contributed by atoms with Gasteiger partial charge in [-0.2, -0.15) is 0 Å². The number of fused-ring (bicyclic) bond motifs is 6. The molecule has 6 aromatic carbocycles. The van der Waals surface area contributed by atoms with E-state index in [2.05, 4.69) is 201 Å². The van der Waals surface area contributed by atoms with Gasteiger partial charge in [0.1, 0.15) is 0 Å². The van der Waals surface area contributed by atoms with Crippen molar-refractivity contribution in [2.75, 3.05) is 9.80 Å². The molecule has 0 saturated carbocycles. The fraction of sp³-hybridized carbons (Fsp3) is 0.115. The van der Waals surface area contributed by atoms with Gasteiger partial charge in [0.2, 0.25) is 0 Å². The van der Waals surface area contributed by atoms with E-state index in [-0.39, 0.29) is 10.8 Å². The van der Waals surface area contributed by atoms with Crippen molar-refractivity contribution in [1.82, 2.24) is 9.97 Å². The minimum absolute atomic E-state index is 0.232. The Hall–Kier alpha value is -6.78. The lowest BCUT2D eigenvalue weighted by Gasteiger charge is -2.27. The highest BCUT2D eigenvalue weighted by Gasteiger charge is 2.43. The average molecular weight is 723 g/mol. The van der Waals surface area contributed by atoms with Crippen LogP contribution in [0.1, 0.15) is 50.1 Å². The summed E-state index contributed by atoms with van der Waals surface area (Å²) >= 11 is 0. The molecule has 270 valence electrons. The summed E-state index contributed by atoms with van der Waals surface area (Å²) < 4.78 is 0. The van der Waals surface area contributed by atoms with Crippen molar-refractivity contribution in [3.63, 3.8) is 0 Å². The lowest BCUT2D eigenvalue weighted by atomic mass is 9.81. The number of para-hydroxylation sites is 4. The van der Waals surface area contributed by atoms with Crippen LogP contribution in [0.3, 0.4) is 0 Å². The quantitative estimate of drug-likeness (QED) is 0.164. The molecule has 0 radical (unpaired) electrons.